The fourth-order valence-corrected chi connectivity index (χ4v) is 6.85. The van der Waals surface area contributed by atoms with E-state index < -0.39 is 0 Å². The molecule has 0 amide bonds. The summed E-state index contributed by atoms with van der Waals surface area (Å²) in [7, 11) is 0. The molecule has 0 spiro atoms. The normalized spacial score (nSPS) is 11.5. The first-order chi connectivity index (χ1) is 26.4. The molecule has 0 saturated heterocycles. The summed E-state index contributed by atoms with van der Waals surface area (Å²) >= 11 is 7.39. The Bertz CT molecular complexity index is 2870. The number of aliphatic imine (C=N–C) groups is 2. The second-order valence-electron chi connectivity index (χ2n) is 12.0. The van der Waals surface area contributed by atoms with Crippen LogP contribution in [0.15, 0.2) is 174 Å². The third-order valence-electron chi connectivity index (χ3n) is 8.55. The van der Waals surface area contributed by atoms with Crippen molar-refractivity contribution in [2.75, 3.05) is 10.6 Å². The van der Waals surface area contributed by atoms with Gasteiger partial charge in [-0.1, -0.05) is 72.8 Å². The average Bonchev–Trinajstić information content (AvgIpc) is 3.20. The van der Waals surface area contributed by atoms with Gasteiger partial charge in [0.2, 0.25) is 0 Å². The maximum Gasteiger partial charge on any atom is 0.268 e. The molecule has 262 valence electrons. The van der Waals surface area contributed by atoms with E-state index in [0.717, 1.165) is 21.3 Å². The van der Waals surface area contributed by atoms with Gasteiger partial charge in [0.15, 0.2) is 0 Å². The zero-order chi connectivity index (χ0) is 37.0. The fraction of sp³-hybridized carbons (Fsp3) is 0. The molecule has 2 N–H and O–H groups in total. The zero-order valence-electron chi connectivity index (χ0n) is 28.3. The summed E-state index contributed by atoms with van der Waals surface area (Å²) in [4.78, 5) is 46.6. The van der Waals surface area contributed by atoms with Crippen LogP contribution in [0.4, 0.5) is 34.4 Å². The number of hydrogen-bond donors (Lipinski definition) is 2. The van der Waals surface area contributed by atoms with E-state index in [0.29, 0.717) is 50.0 Å². The minimum Gasteiger partial charge on any atom is -0.339 e. The number of fused-ring (bicyclic) bond motifs is 2. The standard InChI is InChI=1S/C42H28Br2N8O2/c43-32-17-5-7-19-34(32)48-40-31(42(54)52-24-11-9-22-37(52)50-40)26-46-35-20-12-16-29(38(35)44)28-15-4-6-18-33(28)47-39-30(25-45-27-13-2-1-3-14-27)41(53)51-23-10-8-21-36(51)49-39/h1-26,47-48H. The minimum absolute atomic E-state index is 0.259. The fourth-order valence-electron chi connectivity index (χ4n) is 5.89. The van der Waals surface area contributed by atoms with Crippen molar-refractivity contribution in [3.05, 3.63) is 187 Å². The lowest BCUT2D eigenvalue weighted by Gasteiger charge is -2.16. The second kappa shape index (κ2) is 15.2. The van der Waals surface area contributed by atoms with Gasteiger partial charge in [-0.25, -0.2) is 9.97 Å². The smallest absolute Gasteiger partial charge is 0.268 e. The Labute approximate surface area is 325 Å². The molecule has 0 aliphatic heterocycles. The number of hydrogen-bond acceptors (Lipinski definition) is 8. The highest BCUT2D eigenvalue weighted by Crippen LogP contribution is 2.40. The van der Waals surface area contributed by atoms with Crippen molar-refractivity contribution in [1.82, 2.24) is 18.8 Å². The second-order valence-corrected chi connectivity index (χ2v) is 13.6. The number of rotatable bonds is 9. The van der Waals surface area contributed by atoms with Crippen molar-refractivity contribution in [1.29, 1.82) is 0 Å². The lowest BCUT2D eigenvalue weighted by molar-refractivity contribution is 1.04. The van der Waals surface area contributed by atoms with Gasteiger partial charge in [0.05, 0.1) is 21.5 Å². The predicted molar refractivity (Wildman–Crippen MR) is 224 cm³/mol. The van der Waals surface area contributed by atoms with Gasteiger partial charge in [-0.15, -0.1) is 0 Å². The lowest BCUT2D eigenvalue weighted by atomic mass is 10.0. The third kappa shape index (κ3) is 6.99. The van der Waals surface area contributed by atoms with Crippen LogP contribution < -0.4 is 21.8 Å². The first-order valence-electron chi connectivity index (χ1n) is 16.8. The van der Waals surface area contributed by atoms with Crippen LogP contribution in [-0.2, 0) is 0 Å². The van der Waals surface area contributed by atoms with Gasteiger partial charge in [0, 0.05) is 46.1 Å². The van der Waals surface area contributed by atoms with E-state index in [1.54, 1.807) is 42.9 Å². The molecule has 10 nitrogen and oxygen atoms in total. The van der Waals surface area contributed by atoms with E-state index in [-0.39, 0.29) is 16.7 Å². The number of anilines is 4. The Hall–Kier alpha value is -6.50. The molecule has 4 heterocycles. The van der Waals surface area contributed by atoms with Crippen LogP contribution >= 0.6 is 31.9 Å². The lowest BCUT2D eigenvalue weighted by Crippen LogP contribution is -2.21. The predicted octanol–water partition coefficient (Wildman–Crippen LogP) is 9.88. The molecule has 8 aromatic rings. The van der Waals surface area contributed by atoms with Crippen molar-refractivity contribution >= 4 is 90.0 Å². The number of pyridine rings is 2. The van der Waals surface area contributed by atoms with E-state index in [2.05, 4.69) is 47.5 Å². The van der Waals surface area contributed by atoms with Crippen LogP contribution in [0.3, 0.4) is 0 Å². The molecule has 54 heavy (non-hydrogen) atoms. The van der Waals surface area contributed by atoms with Gasteiger partial charge in [0.25, 0.3) is 11.1 Å². The third-order valence-corrected chi connectivity index (χ3v) is 10.1. The molecule has 4 aromatic carbocycles. The van der Waals surface area contributed by atoms with Gasteiger partial charge < -0.3 is 10.6 Å². The van der Waals surface area contributed by atoms with Crippen LogP contribution in [0.5, 0.6) is 0 Å². The Morgan fingerprint density at radius 2 is 1.07 bits per heavy atom. The van der Waals surface area contributed by atoms with E-state index in [1.807, 2.05) is 109 Å². The summed E-state index contributed by atoms with van der Waals surface area (Å²) in [6, 6.07) is 41.3. The van der Waals surface area contributed by atoms with Crippen molar-refractivity contribution < 1.29 is 0 Å². The summed E-state index contributed by atoms with van der Waals surface area (Å²) in [6.45, 7) is 0. The molecule has 0 aliphatic rings. The van der Waals surface area contributed by atoms with Crippen molar-refractivity contribution in [2.45, 2.75) is 0 Å². The molecule has 8 rings (SSSR count). The minimum atomic E-state index is -0.272. The van der Waals surface area contributed by atoms with Crippen molar-refractivity contribution in [3.8, 4) is 11.1 Å². The summed E-state index contributed by atoms with van der Waals surface area (Å²) in [5.41, 5.74) is 5.45. The molecule has 0 atom stereocenters. The zero-order valence-corrected chi connectivity index (χ0v) is 31.4. The van der Waals surface area contributed by atoms with E-state index in [4.69, 9.17) is 15.0 Å². The largest absolute Gasteiger partial charge is 0.339 e. The topological polar surface area (TPSA) is 118 Å². The molecule has 0 radical (unpaired) electrons. The highest BCUT2D eigenvalue weighted by Gasteiger charge is 2.17. The Balaban J connectivity index is 1.19. The summed E-state index contributed by atoms with van der Waals surface area (Å²) in [5.74, 6) is 0.729. The number of nitrogens with one attached hydrogen (secondary N) is 2. The van der Waals surface area contributed by atoms with Gasteiger partial charge in [-0.3, -0.25) is 28.4 Å². The molecule has 12 heteroatoms. The summed E-state index contributed by atoms with van der Waals surface area (Å²) in [6.07, 6.45) is 6.45. The summed E-state index contributed by atoms with van der Waals surface area (Å²) < 4.78 is 4.51. The highest BCUT2D eigenvalue weighted by molar-refractivity contribution is 9.11. The molecule has 0 aliphatic carbocycles. The number of aromatic nitrogens is 4. The van der Waals surface area contributed by atoms with Gasteiger partial charge >= 0.3 is 0 Å². The van der Waals surface area contributed by atoms with Crippen LogP contribution in [0, 0.1) is 0 Å². The Morgan fingerprint density at radius 1 is 0.537 bits per heavy atom. The molecule has 0 saturated carbocycles. The molecule has 0 fully saturated rings. The molecule has 0 bridgehead atoms. The first-order valence-corrected chi connectivity index (χ1v) is 18.4. The summed E-state index contributed by atoms with van der Waals surface area (Å²) in [5, 5.41) is 6.74. The first kappa shape index (κ1) is 34.6. The Morgan fingerprint density at radius 3 is 1.74 bits per heavy atom. The highest BCUT2D eigenvalue weighted by atomic mass is 79.9. The number of benzene rings is 4. The number of halogens is 2. The molecular weight excluding hydrogens is 808 g/mol. The number of para-hydroxylation sites is 3. The van der Waals surface area contributed by atoms with Crippen LogP contribution in [0.25, 0.3) is 22.4 Å². The maximum atomic E-state index is 13.8. The maximum absolute atomic E-state index is 13.8. The molecule has 0 unspecified atom stereocenters. The van der Waals surface area contributed by atoms with Crippen molar-refractivity contribution in [2.24, 2.45) is 9.98 Å². The van der Waals surface area contributed by atoms with Gasteiger partial charge in [-0.05, 0) is 92.5 Å². The average molecular weight is 837 g/mol. The van der Waals surface area contributed by atoms with Crippen LogP contribution in [-0.4, -0.2) is 31.2 Å². The monoisotopic (exact) mass is 834 g/mol. The van der Waals surface area contributed by atoms with Gasteiger partial charge in [0.1, 0.15) is 34.1 Å². The van der Waals surface area contributed by atoms with Crippen LogP contribution in [0.1, 0.15) is 11.1 Å². The van der Waals surface area contributed by atoms with Crippen LogP contribution in [0.2, 0.25) is 0 Å². The molecular formula is C42H28Br2N8O2. The van der Waals surface area contributed by atoms with Gasteiger partial charge in [-0.2, -0.15) is 0 Å². The Kier molecular flexibility index (Phi) is 9.75. The molecule has 4 aromatic heterocycles. The van der Waals surface area contributed by atoms with E-state index in [9.17, 15) is 9.59 Å². The quantitative estimate of drug-likeness (QED) is 0.140. The SMILES string of the molecule is O=c1c(C=Nc2cccc(-c3ccccc3Nc3nc4ccccn4c(=O)c3C=Nc3ccccc3)c2Br)c(Nc2ccccc2Br)nc2ccccn12. The van der Waals surface area contributed by atoms with E-state index in [1.165, 1.54) is 15.0 Å². The number of nitrogens with zero attached hydrogens (tertiary/aromatic N) is 6. The van der Waals surface area contributed by atoms with E-state index >= 15 is 0 Å². The van der Waals surface area contributed by atoms with Crippen molar-refractivity contribution in [3.63, 3.8) is 0 Å².